The second kappa shape index (κ2) is 7.25. The van der Waals surface area contributed by atoms with Gasteiger partial charge in [0.2, 0.25) is 0 Å². The second-order valence-electron chi connectivity index (χ2n) is 3.44. The third-order valence-electron chi connectivity index (χ3n) is 2.17. The van der Waals surface area contributed by atoms with Gasteiger partial charge in [0, 0.05) is 11.0 Å². The molecule has 92 valence electrons. The fourth-order valence-electron chi connectivity index (χ4n) is 1.45. The molecular formula is C13H16BrNO2. The summed E-state index contributed by atoms with van der Waals surface area (Å²) in [5.74, 6) is -0.271. The van der Waals surface area contributed by atoms with E-state index in [0.717, 1.165) is 10.0 Å². The summed E-state index contributed by atoms with van der Waals surface area (Å²) in [6, 6.07) is 7.14. The summed E-state index contributed by atoms with van der Waals surface area (Å²) >= 11 is 3.39. The van der Waals surface area contributed by atoms with Gasteiger partial charge < -0.3 is 4.74 Å². The van der Waals surface area contributed by atoms with Crippen molar-refractivity contribution in [3.05, 3.63) is 47.0 Å². The first-order valence-electron chi connectivity index (χ1n) is 5.45. The molecule has 0 radical (unpaired) electrons. The molecule has 0 saturated heterocycles. The Morgan fingerprint density at radius 1 is 1.65 bits per heavy atom. The van der Waals surface area contributed by atoms with Crippen molar-refractivity contribution in [1.29, 1.82) is 0 Å². The molecule has 0 heterocycles. The van der Waals surface area contributed by atoms with E-state index in [2.05, 4.69) is 27.8 Å². The molecule has 0 aromatic heterocycles. The lowest BCUT2D eigenvalue weighted by molar-refractivity contribution is -0.145. The molecule has 0 saturated carbocycles. The summed E-state index contributed by atoms with van der Waals surface area (Å²) < 4.78 is 5.98. The number of benzene rings is 1. The highest BCUT2D eigenvalue weighted by molar-refractivity contribution is 9.10. The largest absolute Gasteiger partial charge is 0.465 e. The Labute approximate surface area is 110 Å². The Balaban J connectivity index is 2.88. The molecule has 0 aliphatic heterocycles. The van der Waals surface area contributed by atoms with Gasteiger partial charge in [0.15, 0.2) is 0 Å². The van der Waals surface area contributed by atoms with E-state index in [9.17, 15) is 4.79 Å². The molecule has 0 fully saturated rings. The lowest BCUT2D eigenvalue weighted by Crippen LogP contribution is -2.30. The fourth-order valence-corrected chi connectivity index (χ4v) is 1.87. The number of hydrogen-bond acceptors (Lipinski definition) is 3. The van der Waals surface area contributed by atoms with Crippen LogP contribution in [0.1, 0.15) is 18.5 Å². The molecule has 1 aromatic carbocycles. The first-order valence-corrected chi connectivity index (χ1v) is 6.24. The standard InChI is InChI=1S/C13H16BrNO2/c1-3-8-15-12(13(16)17-4-2)10-6-5-7-11(14)9-10/h3,5-7,9,12,15H,1,4,8H2,2H3. The summed E-state index contributed by atoms with van der Waals surface area (Å²) in [4.78, 5) is 11.8. The molecule has 0 aliphatic carbocycles. The maximum atomic E-state index is 11.8. The minimum absolute atomic E-state index is 0.271. The number of nitrogens with one attached hydrogen (secondary N) is 1. The lowest BCUT2D eigenvalue weighted by atomic mass is 10.1. The molecular weight excluding hydrogens is 282 g/mol. The smallest absolute Gasteiger partial charge is 0.327 e. The van der Waals surface area contributed by atoms with E-state index in [1.807, 2.05) is 24.3 Å². The monoisotopic (exact) mass is 297 g/mol. The van der Waals surface area contributed by atoms with Crippen LogP contribution in [-0.4, -0.2) is 19.1 Å². The van der Waals surface area contributed by atoms with Crippen molar-refractivity contribution < 1.29 is 9.53 Å². The van der Waals surface area contributed by atoms with Crippen molar-refractivity contribution in [2.45, 2.75) is 13.0 Å². The minimum Gasteiger partial charge on any atom is -0.465 e. The fraction of sp³-hybridized carbons (Fsp3) is 0.308. The number of carbonyl (C=O) groups excluding carboxylic acids is 1. The van der Waals surface area contributed by atoms with Crippen LogP contribution in [0.2, 0.25) is 0 Å². The van der Waals surface area contributed by atoms with Gasteiger partial charge in [-0.15, -0.1) is 6.58 Å². The average molecular weight is 298 g/mol. The van der Waals surface area contributed by atoms with Crippen LogP contribution in [0.25, 0.3) is 0 Å². The van der Waals surface area contributed by atoms with Gasteiger partial charge in [0.25, 0.3) is 0 Å². The van der Waals surface area contributed by atoms with E-state index in [1.54, 1.807) is 13.0 Å². The maximum Gasteiger partial charge on any atom is 0.327 e. The SMILES string of the molecule is C=CCNC(C(=O)OCC)c1cccc(Br)c1. The predicted molar refractivity (Wildman–Crippen MR) is 71.7 cm³/mol. The zero-order chi connectivity index (χ0) is 12.7. The normalized spacial score (nSPS) is 11.9. The van der Waals surface area contributed by atoms with Crippen molar-refractivity contribution in [2.75, 3.05) is 13.2 Å². The first-order chi connectivity index (χ1) is 8.19. The molecule has 0 amide bonds. The zero-order valence-corrected chi connectivity index (χ0v) is 11.4. The van der Waals surface area contributed by atoms with Gasteiger partial charge >= 0.3 is 5.97 Å². The maximum absolute atomic E-state index is 11.8. The Morgan fingerprint density at radius 3 is 3.00 bits per heavy atom. The summed E-state index contributed by atoms with van der Waals surface area (Å²) in [5.41, 5.74) is 0.875. The van der Waals surface area contributed by atoms with Gasteiger partial charge in [-0.2, -0.15) is 0 Å². The highest BCUT2D eigenvalue weighted by Gasteiger charge is 2.20. The molecule has 0 aliphatic rings. The Hall–Kier alpha value is -1.13. The van der Waals surface area contributed by atoms with E-state index < -0.39 is 6.04 Å². The van der Waals surface area contributed by atoms with Crippen molar-refractivity contribution >= 4 is 21.9 Å². The van der Waals surface area contributed by atoms with Crippen molar-refractivity contribution in [1.82, 2.24) is 5.32 Å². The minimum atomic E-state index is -0.453. The highest BCUT2D eigenvalue weighted by atomic mass is 79.9. The lowest BCUT2D eigenvalue weighted by Gasteiger charge is -2.16. The Morgan fingerprint density at radius 2 is 2.41 bits per heavy atom. The molecule has 0 spiro atoms. The number of rotatable bonds is 6. The third-order valence-corrected chi connectivity index (χ3v) is 2.66. The van der Waals surface area contributed by atoms with Gasteiger partial charge in [-0.3, -0.25) is 5.32 Å². The van der Waals surface area contributed by atoms with Crippen LogP contribution in [0.5, 0.6) is 0 Å². The van der Waals surface area contributed by atoms with Crippen molar-refractivity contribution in [3.8, 4) is 0 Å². The van der Waals surface area contributed by atoms with E-state index in [1.165, 1.54) is 0 Å². The number of carbonyl (C=O) groups is 1. The molecule has 1 atom stereocenters. The van der Waals surface area contributed by atoms with Crippen LogP contribution in [-0.2, 0) is 9.53 Å². The highest BCUT2D eigenvalue weighted by Crippen LogP contribution is 2.19. The van der Waals surface area contributed by atoms with Gasteiger partial charge in [-0.25, -0.2) is 4.79 Å². The van der Waals surface area contributed by atoms with Gasteiger partial charge in [0.05, 0.1) is 6.61 Å². The van der Waals surface area contributed by atoms with E-state index in [0.29, 0.717) is 13.2 Å². The molecule has 3 nitrogen and oxygen atoms in total. The van der Waals surface area contributed by atoms with Crippen LogP contribution in [0.4, 0.5) is 0 Å². The van der Waals surface area contributed by atoms with E-state index in [4.69, 9.17) is 4.74 Å². The molecule has 1 N–H and O–H groups in total. The summed E-state index contributed by atoms with van der Waals surface area (Å²) in [6.07, 6.45) is 1.71. The summed E-state index contributed by atoms with van der Waals surface area (Å²) in [7, 11) is 0. The molecule has 17 heavy (non-hydrogen) atoms. The topological polar surface area (TPSA) is 38.3 Å². The van der Waals surface area contributed by atoms with Gasteiger partial charge in [0.1, 0.15) is 6.04 Å². The zero-order valence-electron chi connectivity index (χ0n) is 9.78. The predicted octanol–water partition coefficient (Wildman–Crippen LogP) is 2.83. The van der Waals surface area contributed by atoms with Crippen molar-refractivity contribution in [3.63, 3.8) is 0 Å². The molecule has 4 heteroatoms. The van der Waals surface area contributed by atoms with E-state index in [-0.39, 0.29) is 5.97 Å². The molecule has 1 aromatic rings. The third kappa shape index (κ3) is 4.32. The van der Waals surface area contributed by atoms with Gasteiger partial charge in [-0.1, -0.05) is 34.1 Å². The van der Waals surface area contributed by atoms with Crippen LogP contribution in [0.3, 0.4) is 0 Å². The summed E-state index contributed by atoms with van der Waals surface area (Å²) in [6.45, 7) is 6.35. The number of esters is 1. The molecule has 0 bridgehead atoms. The Bertz CT molecular complexity index is 393. The van der Waals surface area contributed by atoms with Crippen LogP contribution in [0, 0.1) is 0 Å². The number of halogens is 1. The molecule has 1 unspecified atom stereocenters. The number of hydrogen-bond donors (Lipinski definition) is 1. The number of ether oxygens (including phenoxy) is 1. The summed E-state index contributed by atoms with van der Waals surface area (Å²) in [5, 5.41) is 3.08. The van der Waals surface area contributed by atoms with Gasteiger partial charge in [-0.05, 0) is 24.6 Å². The Kier molecular flexibility index (Phi) is 5.94. The second-order valence-corrected chi connectivity index (χ2v) is 4.35. The molecule has 1 rings (SSSR count). The van der Waals surface area contributed by atoms with Crippen LogP contribution < -0.4 is 5.32 Å². The van der Waals surface area contributed by atoms with Crippen LogP contribution >= 0.6 is 15.9 Å². The van der Waals surface area contributed by atoms with E-state index >= 15 is 0 Å². The van der Waals surface area contributed by atoms with Crippen molar-refractivity contribution in [2.24, 2.45) is 0 Å². The quantitative estimate of drug-likeness (QED) is 0.648. The van der Waals surface area contributed by atoms with Crippen LogP contribution in [0.15, 0.2) is 41.4 Å². The average Bonchev–Trinajstić information content (AvgIpc) is 2.30. The first kappa shape index (κ1) is 13.9.